The molecule has 0 aliphatic rings. The highest BCUT2D eigenvalue weighted by molar-refractivity contribution is 5.66. The van der Waals surface area contributed by atoms with E-state index in [1.54, 1.807) is 7.11 Å². The molecular weight excluding hydrogens is 618 g/mol. The number of carbonyl (C=O) groups excluding carboxylic acids is 1. The Balaban J connectivity index is -0.000000992. The van der Waals surface area contributed by atoms with E-state index in [2.05, 4.69) is 26.1 Å². The average molecular weight is 714 g/mol. The second-order valence-electron chi connectivity index (χ2n) is 14.6. The fourth-order valence-corrected chi connectivity index (χ4v) is 6.27. The summed E-state index contributed by atoms with van der Waals surface area (Å²) in [5.41, 5.74) is 0. The van der Waals surface area contributed by atoms with Gasteiger partial charge >= 0.3 is 6.09 Å². The minimum Gasteiger partial charge on any atom is -0.450 e. The van der Waals surface area contributed by atoms with Crippen molar-refractivity contribution < 1.29 is 19.0 Å². The monoisotopic (exact) mass is 714 g/mol. The topological polar surface area (TPSA) is 56.8 Å². The summed E-state index contributed by atoms with van der Waals surface area (Å²) >= 11 is 0. The minimum absolute atomic E-state index is 0. The van der Waals surface area contributed by atoms with E-state index in [0.717, 1.165) is 19.3 Å². The summed E-state index contributed by atoms with van der Waals surface area (Å²) in [5, 5.41) is 2.76. The zero-order chi connectivity index (χ0) is 36.0. The second-order valence-corrected chi connectivity index (χ2v) is 14.6. The first kappa shape index (κ1) is 53.5. The van der Waals surface area contributed by atoms with Crippen LogP contribution >= 0.6 is 0 Å². The summed E-state index contributed by atoms with van der Waals surface area (Å²) in [6.07, 6.45) is 46.9. The third kappa shape index (κ3) is 54.0. The number of nitrogens with one attached hydrogen (secondary N) is 1. The molecule has 0 rings (SSSR count). The molecule has 50 heavy (non-hydrogen) atoms. The van der Waals surface area contributed by atoms with Crippen LogP contribution in [0.1, 0.15) is 247 Å². The highest BCUT2D eigenvalue weighted by atomic mass is 16.5. The van der Waals surface area contributed by atoms with Crippen LogP contribution in [0.15, 0.2) is 0 Å². The highest BCUT2D eigenvalue weighted by Crippen LogP contribution is 2.15. The number of methoxy groups -OCH3 is 1. The Bertz CT molecular complexity index is 557. The maximum Gasteiger partial charge on any atom is 0.407 e. The smallest absolute Gasteiger partial charge is 0.407 e. The van der Waals surface area contributed by atoms with Gasteiger partial charge in [0.25, 0.3) is 0 Å². The molecule has 5 heteroatoms. The van der Waals surface area contributed by atoms with Crippen molar-refractivity contribution in [1.29, 1.82) is 0 Å². The lowest BCUT2D eigenvalue weighted by Crippen LogP contribution is -2.26. The van der Waals surface area contributed by atoms with E-state index in [1.165, 1.54) is 199 Å². The van der Waals surface area contributed by atoms with Crippen molar-refractivity contribution in [2.75, 3.05) is 40.1 Å². The number of rotatable bonds is 40. The maximum absolute atomic E-state index is 11.6. The van der Waals surface area contributed by atoms with Gasteiger partial charge < -0.3 is 19.5 Å². The molecule has 0 radical (unpaired) electrons. The van der Waals surface area contributed by atoms with Gasteiger partial charge in [0.15, 0.2) is 0 Å². The Kier molecular flexibility index (Phi) is 56.3. The third-order valence-electron chi connectivity index (χ3n) is 9.60. The standard InChI is InChI=1S/C26H53NO4.C18H38.CH4/c1-3-4-5-6-7-8-9-10-11-12-13-14-15-16-17-18-19-23-31-26(28)27-21-20-22-30-25-24-29-2;1-3-5-7-9-11-13-15-17-18-16-14-12-10-8-6-4-2;/h3-25H2,1-2H3,(H,27,28);3-18H2,1-2H3;1H4. The molecule has 0 aliphatic heterocycles. The van der Waals surface area contributed by atoms with Crippen LogP contribution in [0, 0.1) is 0 Å². The summed E-state index contributed by atoms with van der Waals surface area (Å²) in [5.74, 6) is 0. The SMILES string of the molecule is C.CCCCCCCCCCCCCCCCCC.CCCCCCCCCCCCCCCCCCCOC(=O)NCCCOCCOC. The van der Waals surface area contributed by atoms with Crippen LogP contribution < -0.4 is 5.32 Å². The van der Waals surface area contributed by atoms with Gasteiger partial charge in [-0.2, -0.15) is 0 Å². The minimum atomic E-state index is -0.312. The lowest BCUT2D eigenvalue weighted by Gasteiger charge is -2.07. The number of hydrogen-bond acceptors (Lipinski definition) is 4. The Hall–Kier alpha value is -0.810. The Labute approximate surface area is 316 Å². The number of hydrogen-bond donors (Lipinski definition) is 1. The molecule has 0 spiro atoms. The fraction of sp³-hybridized carbons (Fsp3) is 0.978. The Morgan fingerprint density at radius 1 is 0.380 bits per heavy atom. The summed E-state index contributed by atoms with van der Waals surface area (Å²) in [7, 11) is 1.65. The first-order chi connectivity index (χ1) is 24.2. The predicted molar refractivity (Wildman–Crippen MR) is 223 cm³/mol. The summed E-state index contributed by atoms with van der Waals surface area (Å²) in [4.78, 5) is 11.6. The highest BCUT2D eigenvalue weighted by Gasteiger charge is 2.01. The summed E-state index contributed by atoms with van der Waals surface area (Å²) in [6, 6.07) is 0. The van der Waals surface area contributed by atoms with Gasteiger partial charge in [0.05, 0.1) is 19.8 Å². The van der Waals surface area contributed by atoms with Crippen molar-refractivity contribution in [1.82, 2.24) is 5.32 Å². The molecule has 0 aromatic carbocycles. The fourth-order valence-electron chi connectivity index (χ4n) is 6.27. The van der Waals surface area contributed by atoms with Crippen molar-refractivity contribution in [3.05, 3.63) is 0 Å². The lowest BCUT2D eigenvalue weighted by molar-refractivity contribution is 0.0691. The van der Waals surface area contributed by atoms with Crippen LogP contribution in [-0.4, -0.2) is 46.2 Å². The van der Waals surface area contributed by atoms with Crippen LogP contribution in [0.3, 0.4) is 0 Å². The van der Waals surface area contributed by atoms with Gasteiger partial charge in [0.1, 0.15) is 0 Å². The van der Waals surface area contributed by atoms with E-state index in [9.17, 15) is 4.79 Å². The van der Waals surface area contributed by atoms with Crippen LogP contribution in [0.2, 0.25) is 0 Å². The van der Waals surface area contributed by atoms with Gasteiger partial charge in [-0.3, -0.25) is 0 Å². The molecule has 1 N–H and O–H groups in total. The average Bonchev–Trinajstić information content (AvgIpc) is 3.11. The molecule has 0 saturated carbocycles. The molecule has 0 aromatic heterocycles. The summed E-state index contributed by atoms with van der Waals surface area (Å²) in [6.45, 7) is 9.81. The first-order valence-corrected chi connectivity index (χ1v) is 22.2. The van der Waals surface area contributed by atoms with Crippen molar-refractivity contribution in [2.24, 2.45) is 0 Å². The maximum atomic E-state index is 11.6. The second kappa shape index (κ2) is 52.5. The zero-order valence-corrected chi connectivity index (χ0v) is 34.2. The number of carbonyl (C=O) groups is 1. The van der Waals surface area contributed by atoms with Gasteiger partial charge in [-0.15, -0.1) is 0 Å². The molecule has 304 valence electrons. The van der Waals surface area contributed by atoms with Crippen LogP contribution in [0.4, 0.5) is 4.79 Å². The number of alkyl carbamates (subject to hydrolysis) is 1. The van der Waals surface area contributed by atoms with E-state index in [1.807, 2.05) is 0 Å². The zero-order valence-electron chi connectivity index (χ0n) is 34.2. The van der Waals surface area contributed by atoms with E-state index < -0.39 is 0 Å². The normalized spacial score (nSPS) is 10.8. The molecule has 5 nitrogen and oxygen atoms in total. The molecule has 1 amide bonds. The van der Waals surface area contributed by atoms with E-state index in [4.69, 9.17) is 14.2 Å². The Morgan fingerprint density at radius 3 is 0.980 bits per heavy atom. The van der Waals surface area contributed by atoms with E-state index in [-0.39, 0.29) is 13.5 Å². The van der Waals surface area contributed by atoms with Crippen molar-refractivity contribution in [2.45, 2.75) is 247 Å². The van der Waals surface area contributed by atoms with Gasteiger partial charge in [-0.25, -0.2) is 4.79 Å². The Morgan fingerprint density at radius 2 is 0.680 bits per heavy atom. The van der Waals surface area contributed by atoms with Crippen LogP contribution in [0.5, 0.6) is 0 Å². The summed E-state index contributed by atoms with van der Waals surface area (Å²) < 4.78 is 15.4. The molecular formula is C45H95NO4. The largest absolute Gasteiger partial charge is 0.450 e. The quantitative estimate of drug-likeness (QED) is 0.0642. The molecule has 0 aromatic rings. The van der Waals surface area contributed by atoms with Crippen molar-refractivity contribution >= 4 is 6.09 Å². The van der Waals surface area contributed by atoms with E-state index >= 15 is 0 Å². The molecule has 0 aliphatic carbocycles. The number of ether oxygens (including phenoxy) is 3. The van der Waals surface area contributed by atoms with Crippen LogP contribution in [-0.2, 0) is 14.2 Å². The third-order valence-corrected chi connectivity index (χ3v) is 9.60. The van der Waals surface area contributed by atoms with Gasteiger partial charge in [0.2, 0.25) is 0 Å². The van der Waals surface area contributed by atoms with Crippen molar-refractivity contribution in [3.8, 4) is 0 Å². The van der Waals surface area contributed by atoms with E-state index in [0.29, 0.717) is 33.0 Å². The van der Waals surface area contributed by atoms with Gasteiger partial charge in [-0.1, -0.05) is 234 Å². The predicted octanol–water partition coefficient (Wildman–Crippen LogP) is 15.3. The van der Waals surface area contributed by atoms with Gasteiger partial charge in [0, 0.05) is 20.3 Å². The number of unbranched alkanes of at least 4 members (excludes halogenated alkanes) is 31. The lowest BCUT2D eigenvalue weighted by atomic mass is 10.0. The molecule has 0 saturated heterocycles. The molecule has 0 unspecified atom stereocenters. The molecule has 0 atom stereocenters. The molecule has 0 fully saturated rings. The molecule has 0 bridgehead atoms. The van der Waals surface area contributed by atoms with Crippen molar-refractivity contribution in [3.63, 3.8) is 0 Å². The van der Waals surface area contributed by atoms with Gasteiger partial charge in [-0.05, 0) is 12.8 Å². The first-order valence-electron chi connectivity index (χ1n) is 22.2. The number of amides is 1. The van der Waals surface area contributed by atoms with Crippen LogP contribution in [0.25, 0.3) is 0 Å². The molecule has 0 heterocycles.